The number of hydrogen-bond acceptors (Lipinski definition) is 6. The van der Waals surface area contributed by atoms with Gasteiger partial charge in [-0.3, -0.25) is 23.4 Å². The van der Waals surface area contributed by atoms with Crippen molar-refractivity contribution in [3.63, 3.8) is 0 Å². The monoisotopic (exact) mass is 402 g/mol. The van der Waals surface area contributed by atoms with E-state index >= 15 is 0 Å². The predicted octanol–water partition coefficient (Wildman–Crippen LogP) is 2.36. The number of aryl methyl sites for hydroxylation is 1. The van der Waals surface area contributed by atoms with E-state index in [1.54, 1.807) is 0 Å². The Bertz CT molecular complexity index is 1040. The minimum Gasteiger partial charge on any atom is -0.426 e. The molecule has 2 aromatic rings. The highest BCUT2D eigenvalue weighted by Crippen LogP contribution is 2.47. The van der Waals surface area contributed by atoms with Crippen molar-refractivity contribution in [1.82, 2.24) is 9.55 Å². The van der Waals surface area contributed by atoms with Crippen LogP contribution in [0.5, 0.6) is 5.75 Å². The Morgan fingerprint density at radius 1 is 1.39 bits per heavy atom. The lowest BCUT2D eigenvalue weighted by molar-refractivity contribution is -0.0229. The minimum absolute atomic E-state index is 0.0873. The Morgan fingerprint density at radius 2 is 2.25 bits per heavy atom. The van der Waals surface area contributed by atoms with Crippen LogP contribution in [0.4, 0.5) is 0 Å². The van der Waals surface area contributed by atoms with Crippen molar-refractivity contribution < 1.29 is 18.3 Å². The molecule has 0 amide bonds. The zero-order valence-electron chi connectivity index (χ0n) is 15.2. The van der Waals surface area contributed by atoms with Crippen LogP contribution >= 0.6 is 8.60 Å². The molecule has 4 rings (SSSR count). The molecule has 2 aliphatic heterocycles. The summed E-state index contributed by atoms with van der Waals surface area (Å²) in [5, 5.41) is 0. The molecule has 0 spiro atoms. The number of benzene rings is 1. The molecule has 8 nitrogen and oxygen atoms in total. The topological polar surface area (TPSA) is 91.8 Å². The van der Waals surface area contributed by atoms with E-state index in [0.29, 0.717) is 19.4 Å². The average molecular weight is 402 g/mol. The number of nitrogens with one attached hydrogen (secondary N) is 1. The molecule has 3 unspecified atom stereocenters. The van der Waals surface area contributed by atoms with Gasteiger partial charge in [0.25, 0.3) is 5.56 Å². The smallest absolute Gasteiger partial charge is 0.397 e. The number of aromatic nitrogens is 2. The third-order valence-electron chi connectivity index (χ3n) is 4.60. The van der Waals surface area contributed by atoms with E-state index < -0.39 is 26.1 Å². The van der Waals surface area contributed by atoms with Gasteiger partial charge in [0.2, 0.25) is 0 Å². The second-order valence-corrected chi connectivity index (χ2v) is 7.79. The van der Waals surface area contributed by atoms with Crippen LogP contribution in [-0.2, 0) is 20.4 Å². The lowest BCUT2D eigenvalue weighted by Crippen LogP contribution is -2.33. The number of fused-ring (bicyclic) bond motifs is 1. The van der Waals surface area contributed by atoms with Crippen LogP contribution in [0.2, 0.25) is 0 Å². The van der Waals surface area contributed by atoms with Crippen LogP contribution in [0.25, 0.3) is 0 Å². The van der Waals surface area contributed by atoms with Gasteiger partial charge in [-0.15, -0.1) is 6.42 Å². The molecule has 3 atom stereocenters. The molecule has 28 heavy (non-hydrogen) atoms. The molecule has 0 saturated carbocycles. The zero-order chi connectivity index (χ0) is 19.7. The van der Waals surface area contributed by atoms with Gasteiger partial charge >= 0.3 is 14.3 Å². The maximum atomic E-state index is 12.0. The van der Waals surface area contributed by atoms with Crippen molar-refractivity contribution in [3.05, 3.63) is 61.9 Å². The highest BCUT2D eigenvalue weighted by Gasteiger charge is 2.30. The van der Waals surface area contributed by atoms with E-state index in [2.05, 4.69) is 10.9 Å². The standard InChI is InChI=1S/C19H19N2O6P/c1-3-13-9-21(19(23)20-18(13)22)17-7-5-15(26-17)11-25-28-24-10-14-8-12(2)4-6-16(14)27-28/h1,4,6,8-9,15,17H,5,7,10-11H2,2H3,(H,20,22,23). The molecular weight excluding hydrogens is 383 g/mol. The third-order valence-corrected chi connectivity index (χ3v) is 5.64. The quantitative estimate of drug-likeness (QED) is 0.624. The van der Waals surface area contributed by atoms with Gasteiger partial charge in [0, 0.05) is 11.8 Å². The van der Waals surface area contributed by atoms with Gasteiger partial charge in [-0.2, -0.15) is 0 Å². The number of terminal acetylenes is 1. The van der Waals surface area contributed by atoms with E-state index in [-0.39, 0.29) is 18.3 Å². The van der Waals surface area contributed by atoms with Crippen LogP contribution < -0.4 is 15.8 Å². The molecule has 0 bridgehead atoms. The second kappa shape index (κ2) is 7.90. The Balaban J connectivity index is 1.35. The largest absolute Gasteiger partial charge is 0.426 e. The molecule has 9 heteroatoms. The third kappa shape index (κ3) is 3.89. The molecule has 1 aromatic carbocycles. The summed E-state index contributed by atoms with van der Waals surface area (Å²) in [4.78, 5) is 25.8. The maximum absolute atomic E-state index is 12.0. The summed E-state index contributed by atoms with van der Waals surface area (Å²) in [5.74, 6) is 3.04. The molecular formula is C19H19N2O6P. The molecule has 146 valence electrons. The Labute approximate surface area is 162 Å². The van der Waals surface area contributed by atoms with Gasteiger partial charge in [0.15, 0.2) is 0 Å². The van der Waals surface area contributed by atoms with Crippen LogP contribution in [0, 0.1) is 19.3 Å². The minimum atomic E-state index is -1.49. The molecule has 3 heterocycles. The molecule has 1 N–H and O–H groups in total. The predicted molar refractivity (Wildman–Crippen MR) is 102 cm³/mol. The summed E-state index contributed by atoms with van der Waals surface area (Å²) in [6, 6.07) is 5.92. The van der Waals surface area contributed by atoms with Crippen molar-refractivity contribution in [2.24, 2.45) is 0 Å². The van der Waals surface area contributed by atoms with Crippen LogP contribution in [0.15, 0.2) is 34.0 Å². The van der Waals surface area contributed by atoms with E-state index in [9.17, 15) is 9.59 Å². The number of hydrogen-bond donors (Lipinski definition) is 1. The number of H-pyrrole nitrogens is 1. The van der Waals surface area contributed by atoms with E-state index in [1.807, 2.05) is 25.1 Å². The first-order chi connectivity index (χ1) is 13.5. The van der Waals surface area contributed by atoms with Crippen molar-refractivity contribution >= 4 is 8.60 Å². The first-order valence-corrected chi connectivity index (χ1v) is 9.94. The normalized spacial score (nSPS) is 23.6. The summed E-state index contributed by atoms with van der Waals surface area (Å²) < 4.78 is 24.4. The Kier molecular flexibility index (Phi) is 5.33. The average Bonchev–Trinajstić information content (AvgIpc) is 3.15. The van der Waals surface area contributed by atoms with Gasteiger partial charge < -0.3 is 9.26 Å². The van der Waals surface area contributed by atoms with Crippen molar-refractivity contribution in [2.45, 2.75) is 38.7 Å². The zero-order valence-corrected chi connectivity index (χ0v) is 16.1. The number of ether oxygens (including phenoxy) is 1. The SMILES string of the molecule is C#Cc1cn(C2CCC(COP3OCc4cc(C)ccc4O3)O2)c(=O)[nH]c1=O. The Hall–Kier alpha value is -2.43. The lowest BCUT2D eigenvalue weighted by atomic mass is 10.1. The summed E-state index contributed by atoms with van der Waals surface area (Å²) in [6.07, 6.45) is 7.23. The molecule has 0 aliphatic carbocycles. The molecule has 1 fully saturated rings. The van der Waals surface area contributed by atoms with Crippen LogP contribution in [0.3, 0.4) is 0 Å². The number of rotatable bonds is 4. The van der Waals surface area contributed by atoms with Gasteiger partial charge in [0.1, 0.15) is 17.5 Å². The van der Waals surface area contributed by atoms with E-state index in [0.717, 1.165) is 16.9 Å². The summed E-state index contributed by atoms with van der Waals surface area (Å²) in [5.41, 5.74) is 1.11. The van der Waals surface area contributed by atoms with Gasteiger partial charge in [-0.1, -0.05) is 23.6 Å². The molecule has 0 radical (unpaired) electrons. The molecule has 1 aromatic heterocycles. The van der Waals surface area contributed by atoms with Crippen molar-refractivity contribution in [3.8, 4) is 18.1 Å². The first kappa shape index (κ1) is 18.9. The molecule has 2 aliphatic rings. The van der Waals surface area contributed by atoms with Gasteiger partial charge in [-0.05, 0) is 25.8 Å². The summed E-state index contributed by atoms with van der Waals surface area (Å²) >= 11 is 0. The van der Waals surface area contributed by atoms with Crippen molar-refractivity contribution in [2.75, 3.05) is 6.61 Å². The fraction of sp³-hybridized carbons (Fsp3) is 0.368. The highest BCUT2D eigenvalue weighted by molar-refractivity contribution is 7.42. The second-order valence-electron chi connectivity index (χ2n) is 6.64. The Morgan fingerprint density at radius 3 is 3.07 bits per heavy atom. The fourth-order valence-electron chi connectivity index (χ4n) is 3.16. The molecule has 1 saturated heterocycles. The van der Waals surface area contributed by atoms with Crippen LogP contribution in [0.1, 0.15) is 35.8 Å². The van der Waals surface area contributed by atoms with E-state index in [4.69, 9.17) is 24.7 Å². The highest BCUT2D eigenvalue weighted by atomic mass is 31.2. The first-order valence-electron chi connectivity index (χ1n) is 8.84. The maximum Gasteiger partial charge on any atom is 0.397 e. The van der Waals surface area contributed by atoms with Crippen LogP contribution in [-0.4, -0.2) is 22.3 Å². The summed E-state index contributed by atoms with van der Waals surface area (Å²) in [7, 11) is -1.49. The number of nitrogens with zero attached hydrogens (tertiary/aromatic N) is 1. The van der Waals surface area contributed by atoms with Crippen molar-refractivity contribution in [1.29, 1.82) is 0 Å². The lowest BCUT2D eigenvalue weighted by Gasteiger charge is -2.25. The van der Waals surface area contributed by atoms with E-state index in [1.165, 1.54) is 10.8 Å². The van der Waals surface area contributed by atoms with Gasteiger partial charge in [-0.25, -0.2) is 4.79 Å². The number of aromatic amines is 1. The fourth-order valence-corrected chi connectivity index (χ4v) is 4.21. The summed E-state index contributed by atoms with van der Waals surface area (Å²) in [6.45, 7) is 2.74. The van der Waals surface area contributed by atoms with Gasteiger partial charge in [0.05, 0.1) is 19.3 Å².